The van der Waals surface area contributed by atoms with Crippen molar-refractivity contribution in [2.45, 2.75) is 12.8 Å². The molecule has 1 aliphatic heterocycles. The maximum Gasteiger partial charge on any atom is 0.190 e. The average molecular weight is 206 g/mol. The molecule has 0 saturated carbocycles. The van der Waals surface area contributed by atoms with Crippen LogP contribution in [0, 0.1) is 18.2 Å². The fourth-order valence-corrected chi connectivity index (χ4v) is 1.45. The highest BCUT2D eigenvalue weighted by atomic mass is 19.1. The molecule has 1 fully saturated rings. The van der Waals surface area contributed by atoms with Gasteiger partial charge in [-0.2, -0.15) is 0 Å². The monoisotopic (exact) mass is 206 g/mol. The summed E-state index contributed by atoms with van der Waals surface area (Å²) in [7, 11) is 0. The molecule has 0 aliphatic carbocycles. The van der Waals surface area contributed by atoms with Gasteiger partial charge in [-0.15, -0.1) is 6.42 Å². The largest absolute Gasteiger partial charge is 0.272 e. The lowest BCUT2D eigenvalue weighted by Gasteiger charge is -2.26. The predicted molar refractivity (Wildman–Crippen MR) is 54.7 cm³/mol. The Kier molecular flexibility index (Phi) is 2.84. The van der Waals surface area contributed by atoms with E-state index in [1.807, 2.05) is 0 Å². The second-order valence-electron chi connectivity index (χ2n) is 3.29. The van der Waals surface area contributed by atoms with E-state index in [9.17, 15) is 4.39 Å². The first-order valence-corrected chi connectivity index (χ1v) is 4.85. The summed E-state index contributed by atoms with van der Waals surface area (Å²) in [5, 5.41) is 1.47. The van der Waals surface area contributed by atoms with Crippen LogP contribution in [0.4, 0.5) is 10.2 Å². The second-order valence-corrected chi connectivity index (χ2v) is 3.29. The van der Waals surface area contributed by atoms with E-state index in [-0.39, 0.29) is 5.82 Å². The highest BCUT2D eigenvalue weighted by Crippen LogP contribution is 2.20. The van der Waals surface area contributed by atoms with Crippen molar-refractivity contribution < 1.29 is 9.23 Å². The molecule has 4 heteroatoms. The van der Waals surface area contributed by atoms with Crippen molar-refractivity contribution >= 4 is 5.82 Å². The third kappa shape index (κ3) is 2.08. The van der Waals surface area contributed by atoms with E-state index in [1.165, 1.54) is 17.2 Å². The highest BCUT2D eigenvalue weighted by Gasteiger charge is 2.17. The van der Waals surface area contributed by atoms with Gasteiger partial charge in [0.25, 0.3) is 0 Å². The van der Waals surface area contributed by atoms with Crippen LogP contribution in [0.2, 0.25) is 0 Å². The van der Waals surface area contributed by atoms with E-state index in [4.69, 9.17) is 11.3 Å². The van der Waals surface area contributed by atoms with Crippen molar-refractivity contribution in [1.29, 1.82) is 0 Å². The van der Waals surface area contributed by atoms with E-state index < -0.39 is 5.82 Å². The van der Waals surface area contributed by atoms with Crippen LogP contribution in [0.3, 0.4) is 0 Å². The average Bonchev–Trinajstić information content (AvgIpc) is 2.31. The van der Waals surface area contributed by atoms with Crippen LogP contribution in [-0.4, -0.2) is 18.1 Å². The van der Waals surface area contributed by atoms with Gasteiger partial charge in [-0.25, -0.2) is 14.4 Å². The summed E-state index contributed by atoms with van der Waals surface area (Å²) < 4.78 is 13.4. The van der Waals surface area contributed by atoms with Crippen LogP contribution in [0.5, 0.6) is 0 Å². The first-order chi connectivity index (χ1) is 7.31. The lowest BCUT2D eigenvalue weighted by molar-refractivity contribution is 0.0745. The van der Waals surface area contributed by atoms with Gasteiger partial charge >= 0.3 is 0 Å². The van der Waals surface area contributed by atoms with Gasteiger partial charge in [0.2, 0.25) is 0 Å². The van der Waals surface area contributed by atoms with E-state index in [2.05, 4.69) is 10.9 Å². The van der Waals surface area contributed by atoms with Gasteiger partial charge in [-0.3, -0.25) is 4.84 Å². The quantitative estimate of drug-likeness (QED) is 0.654. The molecule has 2 rings (SSSR count). The molecule has 78 valence electrons. The van der Waals surface area contributed by atoms with Crippen molar-refractivity contribution in [2.24, 2.45) is 0 Å². The zero-order chi connectivity index (χ0) is 10.7. The molecule has 0 amide bonds. The Morgan fingerprint density at radius 1 is 1.47 bits per heavy atom. The zero-order valence-corrected chi connectivity index (χ0v) is 8.24. The van der Waals surface area contributed by atoms with Gasteiger partial charge in [0.05, 0.1) is 6.61 Å². The molecule has 1 aromatic rings. The molecular formula is C11H11FN2O. The Morgan fingerprint density at radius 2 is 2.33 bits per heavy atom. The normalized spacial score (nSPS) is 16.1. The molecule has 0 bridgehead atoms. The molecular weight excluding hydrogens is 195 g/mol. The fraction of sp³-hybridized carbons (Fsp3) is 0.364. The van der Waals surface area contributed by atoms with E-state index >= 15 is 0 Å². The minimum atomic E-state index is -0.407. The first-order valence-electron chi connectivity index (χ1n) is 4.85. The number of halogens is 1. The number of nitrogens with zero attached hydrogens (tertiary/aromatic N) is 2. The van der Waals surface area contributed by atoms with Gasteiger partial charge < -0.3 is 0 Å². The zero-order valence-electron chi connectivity index (χ0n) is 8.24. The minimum Gasteiger partial charge on any atom is -0.272 e. The third-order valence-corrected chi connectivity index (χ3v) is 2.21. The fourth-order valence-electron chi connectivity index (χ4n) is 1.45. The van der Waals surface area contributed by atoms with Crippen LogP contribution < -0.4 is 5.06 Å². The summed E-state index contributed by atoms with van der Waals surface area (Å²) in [6.07, 6.45) is 7.17. The first kappa shape index (κ1) is 9.94. The maximum absolute atomic E-state index is 13.4. The summed E-state index contributed by atoms with van der Waals surface area (Å²) >= 11 is 0. The van der Waals surface area contributed by atoms with Gasteiger partial charge in [-0.1, -0.05) is 5.92 Å². The van der Waals surface area contributed by atoms with Gasteiger partial charge in [0.1, 0.15) is 5.69 Å². The number of anilines is 1. The van der Waals surface area contributed by atoms with Crippen molar-refractivity contribution in [3.8, 4) is 12.3 Å². The Labute approximate surface area is 87.8 Å². The van der Waals surface area contributed by atoms with Crippen LogP contribution in [0.15, 0.2) is 12.1 Å². The number of hydrogen-bond donors (Lipinski definition) is 0. The van der Waals surface area contributed by atoms with Crippen LogP contribution >= 0.6 is 0 Å². The summed E-state index contributed by atoms with van der Waals surface area (Å²) in [6.45, 7) is 1.25. The minimum absolute atomic E-state index is 0.185. The molecule has 2 heterocycles. The molecule has 3 nitrogen and oxygen atoms in total. The molecule has 0 N–H and O–H groups in total. The van der Waals surface area contributed by atoms with Gasteiger partial charge in [0, 0.05) is 6.54 Å². The molecule has 1 aromatic heterocycles. The molecule has 1 saturated heterocycles. The molecule has 0 atom stereocenters. The summed E-state index contributed by atoms with van der Waals surface area (Å²) in [5.41, 5.74) is 0.417. The lowest BCUT2D eigenvalue weighted by atomic mass is 10.3. The summed E-state index contributed by atoms with van der Waals surface area (Å²) in [5.74, 6) is 2.15. The molecule has 0 spiro atoms. The van der Waals surface area contributed by atoms with Crippen LogP contribution in [0.25, 0.3) is 0 Å². The van der Waals surface area contributed by atoms with Gasteiger partial charge in [-0.05, 0) is 25.0 Å². The number of aromatic nitrogens is 1. The van der Waals surface area contributed by atoms with E-state index in [0.29, 0.717) is 18.8 Å². The Morgan fingerprint density at radius 3 is 3.00 bits per heavy atom. The van der Waals surface area contributed by atoms with E-state index in [0.717, 1.165) is 12.8 Å². The van der Waals surface area contributed by atoms with Crippen molar-refractivity contribution in [2.75, 3.05) is 18.2 Å². The molecule has 0 radical (unpaired) electrons. The number of rotatable bonds is 1. The molecule has 15 heavy (non-hydrogen) atoms. The van der Waals surface area contributed by atoms with Crippen LogP contribution in [-0.2, 0) is 4.84 Å². The number of hydroxylamine groups is 1. The number of hydrogen-bond acceptors (Lipinski definition) is 3. The number of terminal acetylenes is 1. The van der Waals surface area contributed by atoms with Crippen LogP contribution in [0.1, 0.15) is 18.5 Å². The second kappa shape index (κ2) is 4.28. The Hall–Kier alpha value is -1.60. The lowest BCUT2D eigenvalue weighted by Crippen LogP contribution is -2.31. The SMILES string of the molecule is C#Cc1ccc(F)c(N2CCCCO2)n1. The third-order valence-electron chi connectivity index (χ3n) is 2.21. The molecule has 0 unspecified atom stereocenters. The summed E-state index contributed by atoms with van der Waals surface area (Å²) in [4.78, 5) is 9.31. The maximum atomic E-state index is 13.4. The Bertz CT molecular complexity index is 394. The highest BCUT2D eigenvalue weighted by molar-refractivity contribution is 5.41. The molecule has 1 aliphatic rings. The molecule has 0 aromatic carbocycles. The van der Waals surface area contributed by atoms with Crippen molar-refractivity contribution in [3.05, 3.63) is 23.6 Å². The van der Waals surface area contributed by atoms with Crippen molar-refractivity contribution in [3.63, 3.8) is 0 Å². The van der Waals surface area contributed by atoms with E-state index in [1.54, 1.807) is 0 Å². The van der Waals surface area contributed by atoms with Crippen molar-refractivity contribution in [1.82, 2.24) is 4.98 Å². The van der Waals surface area contributed by atoms with Gasteiger partial charge in [0.15, 0.2) is 11.6 Å². The Balaban J connectivity index is 2.29. The smallest absolute Gasteiger partial charge is 0.190 e. The standard InChI is InChI=1S/C11H11FN2O/c1-2-9-5-6-10(12)11(13-9)14-7-3-4-8-15-14/h1,5-6H,3-4,7-8H2. The predicted octanol–water partition coefficient (Wildman–Crippen LogP) is 1.73. The topological polar surface area (TPSA) is 25.4 Å². The number of pyridine rings is 1. The summed E-state index contributed by atoms with van der Waals surface area (Å²) in [6, 6.07) is 2.79.